The fraction of sp³-hybridized carbons (Fsp3) is 0.318. The molecule has 3 rings (SSSR count). The highest BCUT2D eigenvalue weighted by Gasteiger charge is 2.15. The number of rotatable bonds is 9. The minimum atomic E-state index is 0.0927. The van der Waals surface area contributed by atoms with Crippen LogP contribution in [-0.4, -0.2) is 39.8 Å². The lowest BCUT2D eigenvalue weighted by Gasteiger charge is -2.23. The van der Waals surface area contributed by atoms with Crippen LogP contribution < -0.4 is 5.73 Å². The van der Waals surface area contributed by atoms with E-state index < -0.39 is 0 Å². The maximum absolute atomic E-state index is 12.9. The van der Waals surface area contributed by atoms with Crippen molar-refractivity contribution in [2.75, 3.05) is 18.8 Å². The van der Waals surface area contributed by atoms with E-state index in [1.54, 1.807) is 6.20 Å². The number of hydrogen-bond acceptors (Lipinski definition) is 5. The first-order valence-electron chi connectivity index (χ1n) is 9.60. The van der Waals surface area contributed by atoms with Crippen molar-refractivity contribution in [1.82, 2.24) is 15.1 Å². The Kier molecular flexibility index (Phi) is 7.39. The van der Waals surface area contributed by atoms with Gasteiger partial charge in [0.1, 0.15) is 5.03 Å². The number of amides is 1. The fourth-order valence-corrected chi connectivity index (χ4v) is 3.96. The average molecular weight is 395 g/mol. The van der Waals surface area contributed by atoms with E-state index in [-0.39, 0.29) is 5.91 Å². The van der Waals surface area contributed by atoms with E-state index in [4.69, 9.17) is 5.73 Å². The van der Waals surface area contributed by atoms with E-state index in [0.717, 1.165) is 34.2 Å². The highest BCUT2D eigenvalue weighted by Crippen LogP contribution is 2.25. The van der Waals surface area contributed by atoms with E-state index in [9.17, 15) is 4.79 Å². The van der Waals surface area contributed by atoms with Crippen LogP contribution in [0.3, 0.4) is 0 Å². The smallest absolute Gasteiger partial charge is 0.233 e. The zero-order valence-electron chi connectivity index (χ0n) is 16.2. The van der Waals surface area contributed by atoms with Gasteiger partial charge in [-0.25, -0.2) is 0 Å². The van der Waals surface area contributed by atoms with Crippen LogP contribution in [0.1, 0.15) is 24.5 Å². The summed E-state index contributed by atoms with van der Waals surface area (Å²) in [6.07, 6.45) is 3.52. The predicted molar refractivity (Wildman–Crippen MR) is 115 cm³/mol. The summed E-state index contributed by atoms with van der Waals surface area (Å²) in [6, 6.07) is 16.4. The second kappa shape index (κ2) is 10.2. The van der Waals surface area contributed by atoms with Crippen molar-refractivity contribution < 1.29 is 4.79 Å². The number of benzene rings is 2. The zero-order chi connectivity index (χ0) is 19.8. The van der Waals surface area contributed by atoms with Crippen molar-refractivity contribution in [2.45, 2.75) is 31.3 Å². The van der Waals surface area contributed by atoms with Crippen molar-refractivity contribution in [3.05, 3.63) is 65.9 Å². The summed E-state index contributed by atoms with van der Waals surface area (Å²) in [6.45, 7) is 3.97. The predicted octanol–water partition coefficient (Wildman–Crippen LogP) is 3.66. The Morgan fingerprint density at radius 1 is 1.14 bits per heavy atom. The molecule has 0 atom stereocenters. The first-order chi connectivity index (χ1) is 13.7. The van der Waals surface area contributed by atoms with Crippen LogP contribution in [0.25, 0.3) is 10.8 Å². The third-order valence-corrected chi connectivity index (χ3v) is 5.59. The monoisotopic (exact) mass is 394 g/mol. The highest BCUT2D eigenvalue weighted by molar-refractivity contribution is 8.00. The van der Waals surface area contributed by atoms with Crippen LogP contribution in [0.5, 0.6) is 0 Å². The number of thioether (sulfide) groups is 1. The lowest BCUT2D eigenvalue weighted by molar-refractivity contribution is -0.129. The molecule has 1 heterocycles. The molecule has 0 radical (unpaired) electrons. The zero-order valence-corrected chi connectivity index (χ0v) is 17.0. The summed E-state index contributed by atoms with van der Waals surface area (Å²) in [5, 5.41) is 11.1. The van der Waals surface area contributed by atoms with E-state index in [1.165, 1.54) is 17.3 Å². The molecular formula is C22H26N4OS. The third-order valence-electron chi connectivity index (χ3n) is 4.63. The number of fused-ring (bicyclic) bond motifs is 1. The van der Waals surface area contributed by atoms with Gasteiger partial charge in [-0.05, 0) is 30.5 Å². The molecule has 6 heteroatoms. The maximum atomic E-state index is 12.9. The van der Waals surface area contributed by atoms with Crippen molar-refractivity contribution in [3.63, 3.8) is 0 Å². The summed E-state index contributed by atoms with van der Waals surface area (Å²) in [5.74, 6) is 0.427. The second-order valence-electron chi connectivity index (χ2n) is 6.66. The Hall–Kier alpha value is -2.44. The number of aryl methyl sites for hydroxylation is 1. The molecule has 0 aliphatic carbocycles. The third kappa shape index (κ3) is 5.30. The minimum absolute atomic E-state index is 0.0927. The molecule has 2 N–H and O–H groups in total. The van der Waals surface area contributed by atoms with Crippen LogP contribution in [-0.2, 0) is 17.8 Å². The normalized spacial score (nSPS) is 10.9. The molecule has 5 nitrogen and oxygen atoms in total. The van der Waals surface area contributed by atoms with E-state index in [2.05, 4.69) is 41.4 Å². The van der Waals surface area contributed by atoms with Crippen LogP contribution in [0.4, 0.5) is 0 Å². The van der Waals surface area contributed by atoms with Gasteiger partial charge >= 0.3 is 0 Å². The van der Waals surface area contributed by atoms with Gasteiger partial charge in [0.2, 0.25) is 5.91 Å². The van der Waals surface area contributed by atoms with Gasteiger partial charge in [0.15, 0.2) is 0 Å². The Morgan fingerprint density at radius 2 is 1.96 bits per heavy atom. The molecule has 0 saturated heterocycles. The molecule has 0 bridgehead atoms. The molecular weight excluding hydrogens is 368 g/mol. The molecule has 1 aromatic heterocycles. The minimum Gasteiger partial charge on any atom is -0.338 e. The van der Waals surface area contributed by atoms with E-state index in [1.807, 2.05) is 29.2 Å². The Labute approximate surface area is 170 Å². The van der Waals surface area contributed by atoms with Gasteiger partial charge in [0, 0.05) is 23.9 Å². The quantitative estimate of drug-likeness (QED) is 0.561. The largest absolute Gasteiger partial charge is 0.338 e. The standard InChI is InChI=1S/C22H26N4OS/c1-2-17-7-5-8-18(13-17)15-26(12-6-11-23)21(27)16-28-22-20-10-4-3-9-19(20)14-24-25-22/h3-5,7-10,13-14H,2,6,11-12,15-16,23H2,1H3. The van der Waals surface area contributed by atoms with Gasteiger partial charge in [0.25, 0.3) is 0 Å². The molecule has 28 heavy (non-hydrogen) atoms. The number of carbonyl (C=O) groups excluding carboxylic acids is 1. The first-order valence-corrected chi connectivity index (χ1v) is 10.6. The summed E-state index contributed by atoms with van der Waals surface area (Å²) >= 11 is 1.44. The lowest BCUT2D eigenvalue weighted by Crippen LogP contribution is -2.33. The molecule has 146 valence electrons. The number of aromatic nitrogens is 2. The van der Waals surface area contributed by atoms with Crippen molar-refractivity contribution >= 4 is 28.4 Å². The van der Waals surface area contributed by atoms with Crippen LogP contribution in [0.2, 0.25) is 0 Å². The summed E-state index contributed by atoms with van der Waals surface area (Å²) < 4.78 is 0. The van der Waals surface area contributed by atoms with Gasteiger partial charge in [0.05, 0.1) is 11.9 Å². The molecule has 2 aromatic carbocycles. The lowest BCUT2D eigenvalue weighted by atomic mass is 10.1. The summed E-state index contributed by atoms with van der Waals surface area (Å²) in [5.41, 5.74) is 8.12. The number of hydrogen-bond donors (Lipinski definition) is 1. The van der Waals surface area contributed by atoms with Gasteiger partial charge in [-0.1, -0.05) is 67.2 Å². The van der Waals surface area contributed by atoms with Crippen molar-refractivity contribution in [3.8, 4) is 0 Å². The molecule has 0 fully saturated rings. The highest BCUT2D eigenvalue weighted by atomic mass is 32.2. The van der Waals surface area contributed by atoms with Crippen molar-refractivity contribution in [2.24, 2.45) is 5.73 Å². The Balaban J connectivity index is 1.70. The fourth-order valence-electron chi connectivity index (χ4n) is 3.07. The molecule has 0 aliphatic heterocycles. The SMILES string of the molecule is CCc1cccc(CN(CCCN)C(=O)CSc2nncc3ccccc23)c1. The molecule has 1 amide bonds. The van der Waals surface area contributed by atoms with Gasteiger partial charge in [-0.2, -0.15) is 5.10 Å². The number of carbonyl (C=O) groups is 1. The maximum Gasteiger partial charge on any atom is 0.233 e. The summed E-state index contributed by atoms with van der Waals surface area (Å²) in [4.78, 5) is 14.8. The van der Waals surface area contributed by atoms with Crippen LogP contribution in [0, 0.1) is 0 Å². The Bertz CT molecular complexity index is 926. The van der Waals surface area contributed by atoms with Gasteiger partial charge < -0.3 is 10.6 Å². The van der Waals surface area contributed by atoms with Crippen LogP contribution in [0.15, 0.2) is 59.8 Å². The summed E-state index contributed by atoms with van der Waals surface area (Å²) in [7, 11) is 0. The van der Waals surface area contributed by atoms with Gasteiger partial charge in [-0.3, -0.25) is 4.79 Å². The topological polar surface area (TPSA) is 72.1 Å². The van der Waals surface area contributed by atoms with Crippen molar-refractivity contribution in [1.29, 1.82) is 0 Å². The first kappa shape index (κ1) is 20.3. The molecule has 0 saturated carbocycles. The van der Waals surface area contributed by atoms with Crippen LogP contribution >= 0.6 is 11.8 Å². The average Bonchev–Trinajstić information content (AvgIpc) is 2.75. The Morgan fingerprint density at radius 3 is 2.79 bits per heavy atom. The molecule has 0 unspecified atom stereocenters. The molecule has 0 aliphatic rings. The molecule has 3 aromatic rings. The molecule has 0 spiro atoms. The van der Waals surface area contributed by atoms with E-state index in [0.29, 0.717) is 25.4 Å². The second-order valence-corrected chi connectivity index (χ2v) is 7.62. The number of nitrogens with zero attached hydrogens (tertiary/aromatic N) is 3. The van der Waals surface area contributed by atoms with Gasteiger partial charge in [-0.15, -0.1) is 5.10 Å². The number of nitrogens with two attached hydrogens (primary N) is 1. The van der Waals surface area contributed by atoms with E-state index >= 15 is 0 Å².